The molecule has 0 aromatic heterocycles. The third-order valence-corrected chi connectivity index (χ3v) is 22.4. The highest BCUT2D eigenvalue weighted by Crippen LogP contribution is 2.45. The molecule has 0 rings (SSSR count). The molecule has 618 valence electrons. The summed E-state index contributed by atoms with van der Waals surface area (Å²) in [6, 6.07) is 0. The largest absolute Gasteiger partial charge is 0.472 e. The number of rotatable bonds is 82. The molecule has 0 amide bonds. The molecule has 0 saturated heterocycles. The van der Waals surface area contributed by atoms with Gasteiger partial charge in [-0.3, -0.25) is 37.3 Å². The first-order valence-electron chi connectivity index (χ1n) is 43.8. The lowest BCUT2D eigenvalue weighted by Crippen LogP contribution is -2.30. The molecule has 7 atom stereocenters. The first kappa shape index (κ1) is 102. The van der Waals surface area contributed by atoms with E-state index < -0.39 is 97.5 Å². The van der Waals surface area contributed by atoms with E-state index in [9.17, 15) is 43.2 Å². The number of carbonyl (C=O) groups excluding carboxylic acids is 4. The van der Waals surface area contributed by atoms with E-state index in [0.29, 0.717) is 25.7 Å². The highest BCUT2D eigenvalue weighted by Gasteiger charge is 2.30. The third-order valence-electron chi connectivity index (χ3n) is 20.5. The number of unbranched alkanes of at least 4 members (excludes halogenated alkanes) is 46. The Bertz CT molecular complexity index is 2030. The second-order valence-corrected chi connectivity index (χ2v) is 34.9. The number of aliphatic hydroxyl groups excluding tert-OH is 1. The predicted molar refractivity (Wildman–Crippen MR) is 428 cm³/mol. The molecular weight excluding hydrogens is 1350 g/mol. The van der Waals surface area contributed by atoms with Gasteiger partial charge < -0.3 is 33.8 Å². The van der Waals surface area contributed by atoms with E-state index in [1.807, 2.05) is 0 Å². The summed E-state index contributed by atoms with van der Waals surface area (Å²) in [4.78, 5) is 73.2. The van der Waals surface area contributed by atoms with Crippen LogP contribution in [0.3, 0.4) is 0 Å². The standard InChI is InChI=1S/C85H166O17P2/c1-9-77(7)63-55-47-39-31-25-19-15-13-11-12-14-16-20-27-33-43-51-59-67-84(89)101-80(71-95-82(87)65-57-49-41-32-26-21-17-18-23-29-37-45-53-61-75(3)4)73-99-103(91,92)97-69-79(86)70-98-104(93,94)100-74-81(72-96-83(88)66-58-50-42-36-35-40-48-56-64-78(8)10-2)102-85(90)68-60-52-44-34-28-22-24-30-38-46-54-62-76(5)6/h75-81,86H,9-74H2,1-8H3,(H,91,92)(H,93,94)/t77?,78?,79-,80-,81-/m1/s1. The van der Waals surface area contributed by atoms with Gasteiger partial charge in [0, 0.05) is 25.7 Å². The van der Waals surface area contributed by atoms with Crippen molar-refractivity contribution in [2.24, 2.45) is 23.7 Å². The molecule has 3 N–H and O–H groups in total. The molecule has 0 bridgehead atoms. The van der Waals surface area contributed by atoms with Crippen LogP contribution in [0.4, 0.5) is 0 Å². The average Bonchev–Trinajstić information content (AvgIpc) is 0.918. The quantitative estimate of drug-likeness (QED) is 0.0222. The Morgan fingerprint density at radius 3 is 0.683 bits per heavy atom. The Kier molecular flexibility index (Phi) is 72.5. The number of carbonyl (C=O) groups is 4. The SMILES string of the molecule is CCC(C)CCCCCCCCCCCCCCCCCCCCC(=O)O[C@H](COC(=O)CCCCCCCCCCCCCCCC(C)C)COP(=O)(O)OC[C@@H](O)COP(=O)(O)OC[C@@H](COC(=O)CCCCCCCCCCC(C)CC)OC(=O)CCCCCCCCCCCCCC(C)C. The molecule has 4 unspecified atom stereocenters. The van der Waals surface area contributed by atoms with Crippen molar-refractivity contribution in [2.45, 2.75) is 459 Å². The van der Waals surface area contributed by atoms with Gasteiger partial charge in [0.15, 0.2) is 12.2 Å². The summed E-state index contributed by atoms with van der Waals surface area (Å²) in [5.74, 6) is 1.10. The maximum Gasteiger partial charge on any atom is 0.472 e. The lowest BCUT2D eigenvalue weighted by Gasteiger charge is -2.21. The van der Waals surface area contributed by atoms with Gasteiger partial charge in [-0.05, 0) is 49.4 Å². The molecule has 104 heavy (non-hydrogen) atoms. The smallest absolute Gasteiger partial charge is 0.462 e. The van der Waals surface area contributed by atoms with Gasteiger partial charge in [-0.2, -0.15) is 0 Å². The summed E-state index contributed by atoms with van der Waals surface area (Å²) in [5.41, 5.74) is 0. The number of aliphatic hydroxyl groups is 1. The summed E-state index contributed by atoms with van der Waals surface area (Å²) < 4.78 is 68.9. The molecule has 0 spiro atoms. The molecule has 0 aromatic rings. The fourth-order valence-corrected chi connectivity index (χ4v) is 14.7. The van der Waals surface area contributed by atoms with Gasteiger partial charge in [-0.1, -0.05) is 389 Å². The van der Waals surface area contributed by atoms with Crippen LogP contribution in [-0.4, -0.2) is 96.7 Å². The van der Waals surface area contributed by atoms with Crippen LogP contribution in [0.2, 0.25) is 0 Å². The van der Waals surface area contributed by atoms with Crippen molar-refractivity contribution in [1.29, 1.82) is 0 Å². The van der Waals surface area contributed by atoms with Gasteiger partial charge in [-0.25, -0.2) is 9.13 Å². The van der Waals surface area contributed by atoms with E-state index in [4.69, 9.17) is 37.0 Å². The molecule has 19 heteroatoms. The van der Waals surface area contributed by atoms with Gasteiger partial charge >= 0.3 is 39.5 Å². The minimum atomic E-state index is -4.97. The highest BCUT2D eigenvalue weighted by atomic mass is 31.2. The Morgan fingerprint density at radius 2 is 0.462 bits per heavy atom. The minimum Gasteiger partial charge on any atom is -0.462 e. The monoisotopic (exact) mass is 1520 g/mol. The fourth-order valence-electron chi connectivity index (χ4n) is 13.1. The Hall–Kier alpha value is -1.94. The van der Waals surface area contributed by atoms with Crippen molar-refractivity contribution in [1.82, 2.24) is 0 Å². The summed E-state index contributed by atoms with van der Waals surface area (Å²) >= 11 is 0. The van der Waals surface area contributed by atoms with Crippen LogP contribution in [0, 0.1) is 23.7 Å². The molecule has 0 aromatic carbocycles. The van der Waals surface area contributed by atoms with Gasteiger partial charge in [0.05, 0.1) is 26.4 Å². The molecule has 0 aliphatic rings. The molecule has 17 nitrogen and oxygen atoms in total. The summed E-state index contributed by atoms with van der Waals surface area (Å²) in [6.45, 7) is 14.4. The maximum absolute atomic E-state index is 13.1. The normalized spacial score (nSPS) is 14.5. The van der Waals surface area contributed by atoms with Crippen molar-refractivity contribution >= 4 is 39.5 Å². The van der Waals surface area contributed by atoms with Crippen molar-refractivity contribution in [3.8, 4) is 0 Å². The van der Waals surface area contributed by atoms with E-state index in [0.717, 1.165) is 114 Å². The summed E-state index contributed by atoms with van der Waals surface area (Å²) in [7, 11) is -9.93. The van der Waals surface area contributed by atoms with E-state index in [-0.39, 0.29) is 25.7 Å². The lowest BCUT2D eigenvalue weighted by atomic mass is 9.99. The Balaban J connectivity index is 5.25. The average molecular weight is 1520 g/mol. The van der Waals surface area contributed by atoms with Crippen LogP contribution < -0.4 is 0 Å². The summed E-state index contributed by atoms with van der Waals surface area (Å²) in [6.07, 6.45) is 62.4. The topological polar surface area (TPSA) is 237 Å². The zero-order valence-electron chi connectivity index (χ0n) is 68.7. The molecule has 0 aliphatic heterocycles. The van der Waals surface area contributed by atoms with Crippen LogP contribution in [0.5, 0.6) is 0 Å². The van der Waals surface area contributed by atoms with Gasteiger partial charge in [-0.15, -0.1) is 0 Å². The summed E-state index contributed by atoms with van der Waals surface area (Å²) in [5, 5.41) is 10.7. The number of hydrogen-bond donors (Lipinski definition) is 3. The molecule has 0 heterocycles. The van der Waals surface area contributed by atoms with Crippen LogP contribution in [0.25, 0.3) is 0 Å². The van der Waals surface area contributed by atoms with Gasteiger partial charge in [0.1, 0.15) is 19.3 Å². The van der Waals surface area contributed by atoms with E-state index >= 15 is 0 Å². The Labute approximate surface area is 638 Å². The van der Waals surface area contributed by atoms with E-state index in [1.165, 1.54) is 244 Å². The number of hydrogen-bond acceptors (Lipinski definition) is 15. The maximum atomic E-state index is 13.1. The zero-order chi connectivity index (χ0) is 76.7. The van der Waals surface area contributed by atoms with Crippen LogP contribution in [-0.2, 0) is 65.4 Å². The second-order valence-electron chi connectivity index (χ2n) is 32.0. The highest BCUT2D eigenvalue weighted by molar-refractivity contribution is 7.47. The molecule has 0 aliphatic carbocycles. The Morgan fingerprint density at radius 1 is 0.269 bits per heavy atom. The number of esters is 4. The minimum absolute atomic E-state index is 0.106. The van der Waals surface area contributed by atoms with Gasteiger partial charge in [0.25, 0.3) is 0 Å². The molecular formula is C85H166O17P2. The lowest BCUT2D eigenvalue weighted by molar-refractivity contribution is -0.161. The van der Waals surface area contributed by atoms with Crippen molar-refractivity contribution < 1.29 is 80.2 Å². The van der Waals surface area contributed by atoms with Crippen molar-refractivity contribution in [3.63, 3.8) is 0 Å². The van der Waals surface area contributed by atoms with Crippen LogP contribution in [0.15, 0.2) is 0 Å². The number of phosphoric acid groups is 2. The first-order chi connectivity index (χ1) is 50.2. The number of ether oxygens (including phenoxy) is 4. The molecule has 0 fully saturated rings. The zero-order valence-corrected chi connectivity index (χ0v) is 70.5. The van der Waals surface area contributed by atoms with Crippen molar-refractivity contribution in [2.75, 3.05) is 39.6 Å². The molecule has 0 saturated carbocycles. The first-order valence-corrected chi connectivity index (χ1v) is 46.8. The molecule has 0 radical (unpaired) electrons. The van der Waals surface area contributed by atoms with Crippen LogP contribution in [0.1, 0.15) is 441 Å². The third kappa shape index (κ3) is 75.5. The van der Waals surface area contributed by atoms with Crippen molar-refractivity contribution in [3.05, 3.63) is 0 Å². The predicted octanol–water partition coefficient (Wildman–Crippen LogP) is 25.6. The fraction of sp³-hybridized carbons (Fsp3) is 0.953. The van der Waals surface area contributed by atoms with E-state index in [1.54, 1.807) is 0 Å². The van der Waals surface area contributed by atoms with E-state index in [2.05, 4.69) is 55.4 Å². The van der Waals surface area contributed by atoms with Gasteiger partial charge in [0.2, 0.25) is 0 Å². The van der Waals surface area contributed by atoms with Crippen LogP contribution >= 0.6 is 15.6 Å². The second kappa shape index (κ2) is 73.8. The number of phosphoric ester groups is 2.